The SMILES string of the molecule is CCOC(=O)C(Cc1ccc(OCCN(C)C2c3ccc(C(C)c4ccccc4)cc3CCc3cc(C(C)c4ccccc4)ccc32)cc1)OCC. The van der Waals surface area contributed by atoms with E-state index in [0.717, 1.165) is 30.7 Å². The van der Waals surface area contributed by atoms with Gasteiger partial charge < -0.3 is 14.2 Å². The van der Waals surface area contributed by atoms with Gasteiger partial charge in [-0.1, -0.05) is 123 Å². The van der Waals surface area contributed by atoms with E-state index in [0.29, 0.717) is 38.1 Å². The molecule has 0 aliphatic heterocycles. The number of nitrogens with zero attached hydrogens (tertiary/aromatic N) is 1. The number of hydrogen-bond donors (Lipinski definition) is 0. The highest BCUT2D eigenvalue weighted by Crippen LogP contribution is 2.39. The number of carbonyl (C=O) groups is 1. The second-order valence-electron chi connectivity index (χ2n) is 14.0. The van der Waals surface area contributed by atoms with Crippen molar-refractivity contribution in [3.8, 4) is 5.75 Å². The van der Waals surface area contributed by atoms with Crippen molar-refractivity contribution in [1.29, 1.82) is 0 Å². The molecular formula is C47H53NO4. The van der Waals surface area contributed by atoms with Crippen molar-refractivity contribution in [2.24, 2.45) is 0 Å². The fraction of sp³-hybridized carbons (Fsp3) is 0.340. The molecule has 270 valence electrons. The Kier molecular flexibility index (Phi) is 12.6. The van der Waals surface area contributed by atoms with Gasteiger partial charge >= 0.3 is 5.97 Å². The van der Waals surface area contributed by atoms with Crippen molar-refractivity contribution < 1.29 is 19.0 Å². The highest BCUT2D eigenvalue weighted by molar-refractivity contribution is 5.75. The van der Waals surface area contributed by atoms with Gasteiger partial charge in [0.25, 0.3) is 0 Å². The molecule has 0 fully saturated rings. The molecule has 1 aliphatic carbocycles. The van der Waals surface area contributed by atoms with Gasteiger partial charge in [0.15, 0.2) is 6.10 Å². The molecule has 0 aromatic heterocycles. The third-order valence-corrected chi connectivity index (χ3v) is 10.6. The quantitative estimate of drug-likeness (QED) is 0.102. The number of ether oxygens (including phenoxy) is 3. The Morgan fingerprint density at radius 1 is 0.692 bits per heavy atom. The molecule has 0 amide bonds. The zero-order chi connectivity index (χ0) is 36.5. The summed E-state index contributed by atoms with van der Waals surface area (Å²) in [5, 5.41) is 0. The Labute approximate surface area is 310 Å². The number of aryl methyl sites for hydroxylation is 2. The minimum atomic E-state index is -0.606. The van der Waals surface area contributed by atoms with Crippen LogP contribution >= 0.6 is 0 Å². The summed E-state index contributed by atoms with van der Waals surface area (Å²) in [5.74, 6) is 1.13. The van der Waals surface area contributed by atoms with Gasteiger partial charge in [0.1, 0.15) is 12.4 Å². The number of carbonyl (C=O) groups excluding carboxylic acids is 1. The number of likely N-dealkylation sites (N-methyl/N-ethyl adjacent to an activating group) is 1. The van der Waals surface area contributed by atoms with Crippen molar-refractivity contribution in [2.45, 2.75) is 70.9 Å². The van der Waals surface area contributed by atoms with Crippen molar-refractivity contribution >= 4 is 5.97 Å². The third-order valence-electron chi connectivity index (χ3n) is 10.6. The van der Waals surface area contributed by atoms with E-state index in [-0.39, 0.29) is 12.0 Å². The molecule has 5 aromatic rings. The summed E-state index contributed by atoms with van der Waals surface area (Å²) < 4.78 is 17.2. The molecule has 1 aliphatic rings. The van der Waals surface area contributed by atoms with Crippen LogP contribution in [-0.2, 0) is 33.5 Å². The normalized spacial score (nSPS) is 15.5. The summed E-state index contributed by atoms with van der Waals surface area (Å²) in [4.78, 5) is 14.8. The van der Waals surface area contributed by atoms with Crippen LogP contribution in [0.15, 0.2) is 121 Å². The topological polar surface area (TPSA) is 48.0 Å². The summed E-state index contributed by atoms with van der Waals surface area (Å²) >= 11 is 0. The van der Waals surface area contributed by atoms with Gasteiger partial charge in [-0.15, -0.1) is 0 Å². The van der Waals surface area contributed by atoms with Crippen LogP contribution in [0.1, 0.15) is 95.6 Å². The molecule has 0 saturated carbocycles. The molecule has 52 heavy (non-hydrogen) atoms. The number of benzene rings is 5. The van der Waals surface area contributed by atoms with Gasteiger partial charge in [-0.2, -0.15) is 0 Å². The Balaban J connectivity index is 1.22. The average molecular weight is 696 g/mol. The molecular weight excluding hydrogens is 643 g/mol. The summed E-state index contributed by atoms with van der Waals surface area (Å²) in [6.45, 7) is 10.4. The zero-order valence-electron chi connectivity index (χ0n) is 31.4. The Morgan fingerprint density at radius 2 is 1.23 bits per heavy atom. The lowest BCUT2D eigenvalue weighted by Crippen LogP contribution is -2.30. The fourth-order valence-corrected chi connectivity index (χ4v) is 7.56. The number of rotatable bonds is 15. The predicted molar refractivity (Wildman–Crippen MR) is 210 cm³/mol. The molecule has 5 heteroatoms. The third kappa shape index (κ3) is 8.83. The van der Waals surface area contributed by atoms with Crippen LogP contribution in [0.5, 0.6) is 5.75 Å². The summed E-state index contributed by atoms with van der Waals surface area (Å²) in [6, 6.07) is 44.0. The van der Waals surface area contributed by atoms with Gasteiger partial charge in [0.2, 0.25) is 0 Å². The van der Waals surface area contributed by atoms with E-state index in [1.165, 1.54) is 44.5 Å². The standard InChI is InChI=1S/C47H53NO4/c1-6-50-45(47(49)51-7-2)30-35-18-24-42(25-19-35)52-29-28-48(5)46-43-26-22-38(33(3)36-14-10-8-11-15-36)31-40(43)20-21-41-32-39(23-27-44(41)46)34(4)37-16-12-9-13-17-37/h8-19,22-27,31-34,45-46H,6-7,20-21,28-30H2,1-5H3. The molecule has 3 unspecified atom stereocenters. The minimum Gasteiger partial charge on any atom is -0.492 e. The summed E-state index contributed by atoms with van der Waals surface area (Å²) in [6.07, 6.45) is 1.88. The van der Waals surface area contributed by atoms with Crippen LogP contribution in [0.25, 0.3) is 0 Å². The van der Waals surface area contributed by atoms with E-state index in [1.807, 2.05) is 38.1 Å². The maximum absolute atomic E-state index is 12.3. The van der Waals surface area contributed by atoms with Crippen molar-refractivity contribution in [1.82, 2.24) is 4.90 Å². The molecule has 6 rings (SSSR count). The molecule has 0 bridgehead atoms. The summed E-state index contributed by atoms with van der Waals surface area (Å²) in [5.41, 5.74) is 12.0. The van der Waals surface area contributed by atoms with E-state index in [4.69, 9.17) is 14.2 Å². The maximum atomic E-state index is 12.3. The molecule has 0 heterocycles. The minimum absolute atomic E-state index is 0.110. The first kappa shape index (κ1) is 37.1. The monoisotopic (exact) mass is 695 g/mol. The molecule has 3 atom stereocenters. The first-order chi connectivity index (χ1) is 25.4. The van der Waals surface area contributed by atoms with Crippen LogP contribution in [0, 0.1) is 0 Å². The summed E-state index contributed by atoms with van der Waals surface area (Å²) in [7, 11) is 2.22. The maximum Gasteiger partial charge on any atom is 0.335 e. The van der Waals surface area contributed by atoms with E-state index in [9.17, 15) is 4.79 Å². The lowest BCUT2D eigenvalue weighted by molar-refractivity contribution is -0.156. The van der Waals surface area contributed by atoms with E-state index in [2.05, 4.69) is 123 Å². The van der Waals surface area contributed by atoms with Crippen molar-refractivity contribution in [3.63, 3.8) is 0 Å². The van der Waals surface area contributed by atoms with Crippen LogP contribution in [0.4, 0.5) is 0 Å². The van der Waals surface area contributed by atoms with Crippen molar-refractivity contribution in [2.75, 3.05) is 33.4 Å². The highest BCUT2D eigenvalue weighted by atomic mass is 16.6. The second-order valence-corrected chi connectivity index (χ2v) is 14.0. The molecule has 5 aromatic carbocycles. The van der Waals surface area contributed by atoms with Gasteiger partial charge in [-0.3, -0.25) is 4.90 Å². The smallest absolute Gasteiger partial charge is 0.335 e. The lowest BCUT2D eigenvalue weighted by atomic mass is 9.86. The van der Waals surface area contributed by atoms with E-state index in [1.54, 1.807) is 0 Å². The fourth-order valence-electron chi connectivity index (χ4n) is 7.56. The first-order valence-electron chi connectivity index (χ1n) is 18.9. The first-order valence-corrected chi connectivity index (χ1v) is 18.9. The Morgan fingerprint density at radius 3 is 1.73 bits per heavy atom. The highest BCUT2D eigenvalue weighted by Gasteiger charge is 2.28. The molecule has 0 saturated heterocycles. The number of esters is 1. The molecule has 0 N–H and O–H groups in total. The van der Waals surface area contributed by atoms with E-state index >= 15 is 0 Å². The number of hydrogen-bond acceptors (Lipinski definition) is 5. The van der Waals surface area contributed by atoms with Crippen LogP contribution in [0.3, 0.4) is 0 Å². The van der Waals surface area contributed by atoms with Gasteiger partial charge in [0.05, 0.1) is 12.6 Å². The van der Waals surface area contributed by atoms with Gasteiger partial charge in [0, 0.05) is 31.4 Å². The Bertz CT molecular complexity index is 1790. The molecule has 0 radical (unpaired) electrons. The Hall–Kier alpha value is -4.71. The van der Waals surface area contributed by atoms with Gasteiger partial charge in [-0.05, 0) is 95.9 Å². The van der Waals surface area contributed by atoms with Crippen LogP contribution < -0.4 is 4.74 Å². The second kappa shape index (κ2) is 17.7. The van der Waals surface area contributed by atoms with Crippen LogP contribution in [-0.4, -0.2) is 50.4 Å². The zero-order valence-corrected chi connectivity index (χ0v) is 31.4. The van der Waals surface area contributed by atoms with Crippen LogP contribution in [0.2, 0.25) is 0 Å². The lowest BCUT2D eigenvalue weighted by Gasteiger charge is -2.31. The number of fused-ring (bicyclic) bond motifs is 2. The molecule has 5 nitrogen and oxygen atoms in total. The van der Waals surface area contributed by atoms with Crippen molar-refractivity contribution in [3.05, 3.63) is 171 Å². The van der Waals surface area contributed by atoms with Gasteiger partial charge in [-0.25, -0.2) is 4.79 Å². The van der Waals surface area contributed by atoms with E-state index < -0.39 is 6.10 Å². The largest absolute Gasteiger partial charge is 0.492 e. The average Bonchev–Trinajstić information content (AvgIpc) is 3.34. The predicted octanol–water partition coefficient (Wildman–Crippen LogP) is 9.70. The molecule has 0 spiro atoms.